The van der Waals surface area contributed by atoms with Crippen molar-refractivity contribution in [2.75, 3.05) is 26.7 Å². The number of hydrogen-bond donors (Lipinski definition) is 1. The van der Waals surface area contributed by atoms with Gasteiger partial charge in [-0.2, -0.15) is 0 Å². The topological polar surface area (TPSA) is 41.6 Å². The summed E-state index contributed by atoms with van der Waals surface area (Å²) in [5.41, 5.74) is 1.69. The number of likely N-dealkylation sites (tertiary alicyclic amines) is 1. The molecular weight excluding hydrogens is 324 g/mol. The van der Waals surface area contributed by atoms with Crippen molar-refractivity contribution in [3.05, 3.63) is 65.7 Å². The van der Waals surface area contributed by atoms with Gasteiger partial charge in [-0.15, -0.1) is 0 Å². The summed E-state index contributed by atoms with van der Waals surface area (Å²) in [5.74, 6) is 1.30. The van der Waals surface area contributed by atoms with Crippen LogP contribution in [0.4, 0.5) is 0 Å². The van der Waals surface area contributed by atoms with Gasteiger partial charge >= 0.3 is 0 Å². The summed E-state index contributed by atoms with van der Waals surface area (Å²) in [4.78, 5) is 14.9. The summed E-state index contributed by atoms with van der Waals surface area (Å²) in [7, 11) is 2.17. The molecule has 4 nitrogen and oxygen atoms in total. The van der Waals surface area contributed by atoms with Crippen LogP contribution in [-0.2, 0) is 6.61 Å². The van der Waals surface area contributed by atoms with Crippen molar-refractivity contribution in [2.24, 2.45) is 5.92 Å². The highest BCUT2D eigenvalue weighted by molar-refractivity contribution is 5.96. The predicted octanol–water partition coefficient (Wildman–Crippen LogP) is 3.73. The fourth-order valence-electron chi connectivity index (χ4n) is 3.35. The zero-order valence-electron chi connectivity index (χ0n) is 15.5. The minimum absolute atomic E-state index is 0.0541. The third kappa shape index (κ3) is 5.33. The molecule has 1 N–H and O–H groups in total. The second kappa shape index (κ2) is 9.39. The molecule has 0 saturated carbocycles. The van der Waals surface area contributed by atoms with Gasteiger partial charge in [-0.1, -0.05) is 42.5 Å². The van der Waals surface area contributed by atoms with Crippen LogP contribution in [0.5, 0.6) is 5.75 Å². The number of rotatable bonds is 7. The number of carbonyl (C=O) groups is 1. The Morgan fingerprint density at radius 2 is 1.77 bits per heavy atom. The zero-order chi connectivity index (χ0) is 18.2. The Balaban J connectivity index is 1.50. The van der Waals surface area contributed by atoms with Crippen LogP contribution in [0.15, 0.2) is 54.6 Å². The predicted molar refractivity (Wildman–Crippen MR) is 104 cm³/mol. The van der Waals surface area contributed by atoms with Crippen molar-refractivity contribution in [3.8, 4) is 5.75 Å². The second-order valence-electron chi connectivity index (χ2n) is 7.06. The molecule has 0 spiro atoms. The maximum atomic E-state index is 12.6. The lowest BCUT2D eigenvalue weighted by atomic mass is 9.94. The van der Waals surface area contributed by atoms with Crippen LogP contribution >= 0.6 is 0 Å². The number of nitrogens with zero attached hydrogens (tertiary/aromatic N) is 1. The molecule has 1 aliphatic rings. The standard InChI is InChI=1S/C22H28N2O2/c1-24-15-12-18(13-16-24)11-14-23-22(25)20-9-5-6-10-21(20)26-17-19-7-3-2-4-8-19/h2-10,18H,11-17H2,1H3,(H,23,25). The van der Waals surface area contributed by atoms with Crippen molar-refractivity contribution in [1.29, 1.82) is 0 Å². The normalized spacial score (nSPS) is 15.6. The van der Waals surface area contributed by atoms with E-state index >= 15 is 0 Å². The van der Waals surface area contributed by atoms with Gasteiger partial charge in [0.1, 0.15) is 12.4 Å². The Morgan fingerprint density at radius 3 is 2.54 bits per heavy atom. The molecule has 0 radical (unpaired) electrons. The number of amides is 1. The molecule has 1 heterocycles. The number of nitrogens with one attached hydrogen (secondary N) is 1. The Hall–Kier alpha value is -2.33. The monoisotopic (exact) mass is 352 g/mol. The number of benzene rings is 2. The Kier molecular flexibility index (Phi) is 6.67. The lowest BCUT2D eigenvalue weighted by Gasteiger charge is -2.28. The van der Waals surface area contributed by atoms with Gasteiger partial charge in [0.2, 0.25) is 0 Å². The Morgan fingerprint density at radius 1 is 1.08 bits per heavy atom. The summed E-state index contributed by atoms with van der Waals surface area (Å²) in [6.07, 6.45) is 3.50. The molecule has 0 aromatic heterocycles. The number of piperidine rings is 1. The molecule has 4 heteroatoms. The van der Waals surface area contributed by atoms with Gasteiger partial charge in [-0.25, -0.2) is 0 Å². The van der Waals surface area contributed by atoms with E-state index in [1.165, 1.54) is 12.8 Å². The molecular formula is C22H28N2O2. The smallest absolute Gasteiger partial charge is 0.255 e. The molecule has 1 amide bonds. The number of para-hydroxylation sites is 1. The molecule has 0 atom stereocenters. The maximum absolute atomic E-state index is 12.6. The highest BCUT2D eigenvalue weighted by atomic mass is 16.5. The first kappa shape index (κ1) is 18.5. The minimum atomic E-state index is -0.0541. The van der Waals surface area contributed by atoms with E-state index in [4.69, 9.17) is 4.74 Å². The van der Waals surface area contributed by atoms with E-state index in [9.17, 15) is 4.79 Å². The van der Waals surface area contributed by atoms with Crippen molar-refractivity contribution in [2.45, 2.75) is 25.9 Å². The highest BCUT2D eigenvalue weighted by Crippen LogP contribution is 2.21. The van der Waals surface area contributed by atoms with Gasteiger partial charge in [0.25, 0.3) is 5.91 Å². The highest BCUT2D eigenvalue weighted by Gasteiger charge is 2.17. The van der Waals surface area contributed by atoms with Gasteiger partial charge in [0.05, 0.1) is 5.56 Å². The number of carbonyl (C=O) groups excluding carboxylic acids is 1. The van der Waals surface area contributed by atoms with Crippen molar-refractivity contribution < 1.29 is 9.53 Å². The molecule has 1 aliphatic heterocycles. The average Bonchev–Trinajstić information content (AvgIpc) is 2.69. The molecule has 1 saturated heterocycles. The third-order valence-corrected chi connectivity index (χ3v) is 5.05. The van der Waals surface area contributed by atoms with Gasteiger partial charge in [-0.3, -0.25) is 4.79 Å². The summed E-state index contributed by atoms with van der Waals surface area (Å²) in [6.45, 7) is 3.50. The van der Waals surface area contributed by atoms with Crippen LogP contribution in [-0.4, -0.2) is 37.5 Å². The van der Waals surface area contributed by atoms with E-state index in [0.717, 1.165) is 37.5 Å². The average molecular weight is 352 g/mol. The van der Waals surface area contributed by atoms with E-state index in [2.05, 4.69) is 17.3 Å². The first-order valence-corrected chi connectivity index (χ1v) is 9.45. The van der Waals surface area contributed by atoms with E-state index in [0.29, 0.717) is 17.9 Å². The number of ether oxygens (including phenoxy) is 1. The maximum Gasteiger partial charge on any atom is 0.255 e. The Labute approximate surface area is 156 Å². The van der Waals surface area contributed by atoms with Crippen molar-refractivity contribution in [1.82, 2.24) is 10.2 Å². The van der Waals surface area contributed by atoms with E-state index in [1.54, 1.807) is 0 Å². The van der Waals surface area contributed by atoms with E-state index in [-0.39, 0.29) is 5.91 Å². The van der Waals surface area contributed by atoms with Crippen LogP contribution in [0.1, 0.15) is 35.2 Å². The zero-order valence-corrected chi connectivity index (χ0v) is 15.5. The molecule has 3 rings (SSSR count). The van der Waals surface area contributed by atoms with Crippen LogP contribution in [0.3, 0.4) is 0 Å². The lowest BCUT2D eigenvalue weighted by molar-refractivity contribution is 0.0944. The molecule has 2 aromatic rings. The minimum Gasteiger partial charge on any atom is -0.488 e. The molecule has 26 heavy (non-hydrogen) atoms. The number of hydrogen-bond acceptors (Lipinski definition) is 3. The first-order valence-electron chi connectivity index (χ1n) is 9.45. The quantitative estimate of drug-likeness (QED) is 0.826. The lowest BCUT2D eigenvalue weighted by Crippen LogP contribution is -2.32. The van der Waals surface area contributed by atoms with E-state index in [1.807, 2.05) is 54.6 Å². The van der Waals surface area contributed by atoms with Crippen LogP contribution in [0.2, 0.25) is 0 Å². The molecule has 0 aliphatic carbocycles. The molecule has 1 fully saturated rings. The van der Waals surface area contributed by atoms with Crippen molar-refractivity contribution in [3.63, 3.8) is 0 Å². The van der Waals surface area contributed by atoms with Gasteiger partial charge in [0.15, 0.2) is 0 Å². The first-order chi connectivity index (χ1) is 12.7. The van der Waals surface area contributed by atoms with Crippen LogP contribution in [0.25, 0.3) is 0 Å². The largest absolute Gasteiger partial charge is 0.488 e. The summed E-state index contributed by atoms with van der Waals surface area (Å²) in [5, 5.41) is 3.06. The molecule has 0 bridgehead atoms. The Bertz CT molecular complexity index is 694. The summed E-state index contributed by atoms with van der Waals surface area (Å²) >= 11 is 0. The molecule has 138 valence electrons. The third-order valence-electron chi connectivity index (χ3n) is 5.05. The summed E-state index contributed by atoms with van der Waals surface area (Å²) < 4.78 is 5.89. The van der Waals surface area contributed by atoms with Crippen LogP contribution < -0.4 is 10.1 Å². The van der Waals surface area contributed by atoms with Gasteiger partial charge in [-0.05, 0) is 63.0 Å². The van der Waals surface area contributed by atoms with Crippen molar-refractivity contribution >= 4 is 5.91 Å². The van der Waals surface area contributed by atoms with Gasteiger partial charge in [0, 0.05) is 6.54 Å². The fraction of sp³-hybridized carbons (Fsp3) is 0.409. The van der Waals surface area contributed by atoms with Crippen LogP contribution in [0, 0.1) is 5.92 Å². The summed E-state index contributed by atoms with van der Waals surface area (Å²) in [6, 6.07) is 17.4. The van der Waals surface area contributed by atoms with E-state index < -0.39 is 0 Å². The molecule has 0 unspecified atom stereocenters. The molecule has 2 aromatic carbocycles. The van der Waals surface area contributed by atoms with Gasteiger partial charge < -0.3 is 15.0 Å². The SMILES string of the molecule is CN1CCC(CCNC(=O)c2ccccc2OCc2ccccc2)CC1. The second-order valence-corrected chi connectivity index (χ2v) is 7.06. The fourth-order valence-corrected chi connectivity index (χ4v) is 3.35.